The molecule has 2 aromatic carbocycles. The van der Waals surface area contributed by atoms with Crippen molar-refractivity contribution < 1.29 is 4.79 Å². The van der Waals surface area contributed by atoms with Crippen LogP contribution in [0.1, 0.15) is 45.6 Å². The van der Waals surface area contributed by atoms with Gasteiger partial charge in [0, 0.05) is 34.8 Å². The highest BCUT2D eigenvalue weighted by molar-refractivity contribution is 6.02. The third-order valence-corrected chi connectivity index (χ3v) is 7.62. The molecule has 5 heteroatoms. The maximum absolute atomic E-state index is 13.7. The number of nitrogens with one attached hydrogen (secondary N) is 1. The molecule has 2 atom stereocenters. The maximum atomic E-state index is 13.7. The van der Waals surface area contributed by atoms with Crippen molar-refractivity contribution in [2.24, 2.45) is 15.6 Å². The van der Waals surface area contributed by atoms with Crippen molar-refractivity contribution in [1.29, 1.82) is 0 Å². The number of azo groups is 1. The molecule has 1 aromatic heterocycles. The highest BCUT2D eigenvalue weighted by atomic mass is 16.1. The first-order chi connectivity index (χ1) is 16.4. The SMILES string of the molecule is CC[C@]1(c2cccc(-c3ccnc4ccccc34)c2)C2=CN=NC2NC2=C1C(=O)CC(C)(C)C2. The van der Waals surface area contributed by atoms with E-state index in [1.807, 2.05) is 30.6 Å². The quantitative estimate of drug-likeness (QED) is 0.499. The zero-order valence-corrected chi connectivity index (χ0v) is 19.8. The van der Waals surface area contributed by atoms with Gasteiger partial charge in [-0.3, -0.25) is 9.78 Å². The number of nitrogens with zero attached hydrogens (tertiary/aromatic N) is 3. The molecule has 0 fully saturated rings. The Hall–Kier alpha value is -3.60. The van der Waals surface area contributed by atoms with Crippen LogP contribution in [0.2, 0.25) is 0 Å². The lowest BCUT2D eigenvalue weighted by Gasteiger charge is -2.47. The van der Waals surface area contributed by atoms with Gasteiger partial charge in [-0.25, -0.2) is 0 Å². The molecule has 6 rings (SSSR count). The summed E-state index contributed by atoms with van der Waals surface area (Å²) in [7, 11) is 0. The van der Waals surface area contributed by atoms with Crippen LogP contribution in [0.15, 0.2) is 94.1 Å². The number of carbonyl (C=O) groups is 1. The monoisotopic (exact) mass is 448 g/mol. The van der Waals surface area contributed by atoms with Crippen molar-refractivity contribution in [2.45, 2.75) is 51.6 Å². The van der Waals surface area contributed by atoms with E-state index in [9.17, 15) is 4.79 Å². The molecular weight excluding hydrogens is 420 g/mol. The average Bonchev–Trinajstić information content (AvgIpc) is 3.30. The number of aromatic nitrogens is 1. The van der Waals surface area contributed by atoms with Gasteiger partial charge in [-0.05, 0) is 53.1 Å². The van der Waals surface area contributed by atoms with Gasteiger partial charge >= 0.3 is 0 Å². The Kier molecular flexibility index (Phi) is 4.60. The lowest BCUT2D eigenvalue weighted by Crippen LogP contribution is -2.51. The van der Waals surface area contributed by atoms with Gasteiger partial charge in [-0.2, -0.15) is 10.2 Å². The number of Topliss-reactive ketones (excluding diaryl/α,β-unsaturated/α-hetero) is 1. The molecule has 170 valence electrons. The number of ketones is 1. The van der Waals surface area contributed by atoms with Crippen LogP contribution in [0.3, 0.4) is 0 Å². The predicted octanol–water partition coefficient (Wildman–Crippen LogP) is 6.47. The molecule has 3 aliphatic rings. The van der Waals surface area contributed by atoms with Gasteiger partial charge in [-0.1, -0.05) is 57.2 Å². The molecule has 0 radical (unpaired) electrons. The fourth-order valence-corrected chi connectivity index (χ4v) is 6.19. The standard InChI is InChI=1S/C29H28N4O/c1-4-29(22-17-31-33-27(22)32-24-15-28(2,3)16-25(34)26(24)29)19-9-7-8-18(14-19)20-12-13-30-23-11-6-5-10-21(20)23/h5-14,17,27,32H,4,15-16H2,1-3H3/t27?,29-/m0/s1. The van der Waals surface area contributed by atoms with Crippen LogP contribution in [0.4, 0.5) is 0 Å². The second-order valence-corrected chi connectivity index (χ2v) is 10.4. The Morgan fingerprint density at radius 2 is 1.91 bits per heavy atom. The highest BCUT2D eigenvalue weighted by Gasteiger charge is 2.52. The van der Waals surface area contributed by atoms with Crippen molar-refractivity contribution in [3.63, 3.8) is 0 Å². The lowest BCUT2D eigenvalue weighted by atomic mass is 9.58. The second-order valence-electron chi connectivity index (χ2n) is 10.4. The molecule has 3 aromatic rings. The summed E-state index contributed by atoms with van der Waals surface area (Å²) in [6, 6.07) is 19.0. The van der Waals surface area contributed by atoms with E-state index >= 15 is 0 Å². The van der Waals surface area contributed by atoms with E-state index < -0.39 is 5.41 Å². The van der Waals surface area contributed by atoms with Crippen LogP contribution in [-0.4, -0.2) is 16.9 Å². The first kappa shape index (κ1) is 21.0. The first-order valence-corrected chi connectivity index (χ1v) is 12.0. The van der Waals surface area contributed by atoms with Gasteiger partial charge in [0.1, 0.15) is 0 Å². The molecule has 0 spiro atoms. The van der Waals surface area contributed by atoms with Crippen LogP contribution >= 0.6 is 0 Å². The normalized spacial score (nSPS) is 25.1. The Labute approximate surface area is 199 Å². The topological polar surface area (TPSA) is 66.7 Å². The fraction of sp³-hybridized carbons (Fsp3) is 0.310. The van der Waals surface area contributed by atoms with Crippen molar-refractivity contribution in [2.75, 3.05) is 0 Å². The number of allylic oxidation sites excluding steroid dienone is 2. The van der Waals surface area contributed by atoms with E-state index in [1.54, 1.807) is 0 Å². The molecule has 5 nitrogen and oxygen atoms in total. The number of hydrogen-bond acceptors (Lipinski definition) is 5. The number of rotatable bonds is 3. The van der Waals surface area contributed by atoms with E-state index in [1.165, 1.54) is 0 Å². The van der Waals surface area contributed by atoms with Crippen molar-refractivity contribution in [3.05, 3.63) is 89.4 Å². The van der Waals surface area contributed by atoms with Crippen molar-refractivity contribution in [1.82, 2.24) is 10.3 Å². The minimum absolute atomic E-state index is 0.0723. The molecule has 0 bridgehead atoms. The summed E-state index contributed by atoms with van der Waals surface area (Å²) >= 11 is 0. The van der Waals surface area contributed by atoms with Gasteiger partial charge in [-0.15, -0.1) is 0 Å². The third-order valence-electron chi connectivity index (χ3n) is 7.62. The largest absolute Gasteiger partial charge is 0.362 e. The maximum Gasteiger partial charge on any atom is 0.164 e. The Morgan fingerprint density at radius 1 is 1.06 bits per heavy atom. The van der Waals surface area contributed by atoms with E-state index in [0.29, 0.717) is 6.42 Å². The van der Waals surface area contributed by atoms with E-state index in [4.69, 9.17) is 0 Å². The smallest absolute Gasteiger partial charge is 0.164 e. The van der Waals surface area contributed by atoms with Crippen LogP contribution in [-0.2, 0) is 10.2 Å². The lowest BCUT2D eigenvalue weighted by molar-refractivity contribution is -0.119. The summed E-state index contributed by atoms with van der Waals surface area (Å²) in [6.45, 7) is 6.51. The zero-order valence-electron chi connectivity index (χ0n) is 19.8. The second kappa shape index (κ2) is 7.45. The Balaban J connectivity index is 1.59. The summed E-state index contributed by atoms with van der Waals surface area (Å²) in [5.74, 6) is 0.228. The molecular formula is C29H28N4O. The van der Waals surface area contributed by atoms with Gasteiger partial charge in [0.25, 0.3) is 0 Å². The molecule has 0 amide bonds. The number of hydrogen-bond donors (Lipinski definition) is 1. The Bertz CT molecular complexity index is 1430. The fourth-order valence-electron chi connectivity index (χ4n) is 6.19. The number of benzene rings is 2. The third kappa shape index (κ3) is 2.99. The van der Waals surface area contributed by atoms with Gasteiger partial charge in [0.05, 0.1) is 17.1 Å². The predicted molar refractivity (Wildman–Crippen MR) is 134 cm³/mol. The van der Waals surface area contributed by atoms with Crippen LogP contribution in [0.25, 0.3) is 22.0 Å². The molecule has 0 saturated carbocycles. The number of fused-ring (bicyclic) bond motifs is 2. The summed E-state index contributed by atoms with van der Waals surface area (Å²) < 4.78 is 0. The summed E-state index contributed by atoms with van der Waals surface area (Å²) in [5, 5.41) is 13.4. The number of carbonyl (C=O) groups excluding carboxylic acids is 1. The molecule has 1 N–H and O–H groups in total. The molecule has 34 heavy (non-hydrogen) atoms. The van der Waals surface area contributed by atoms with E-state index in [-0.39, 0.29) is 17.4 Å². The molecule has 3 heterocycles. The first-order valence-electron chi connectivity index (χ1n) is 12.0. The van der Waals surface area contributed by atoms with Gasteiger partial charge in [0.15, 0.2) is 11.9 Å². The molecule has 2 aliphatic heterocycles. The Morgan fingerprint density at radius 3 is 2.76 bits per heavy atom. The highest BCUT2D eigenvalue weighted by Crippen LogP contribution is 2.54. The minimum atomic E-state index is -0.540. The van der Waals surface area contributed by atoms with Crippen LogP contribution in [0.5, 0.6) is 0 Å². The van der Waals surface area contributed by atoms with Gasteiger partial charge in [0.2, 0.25) is 0 Å². The number of para-hydroxylation sites is 1. The van der Waals surface area contributed by atoms with Crippen molar-refractivity contribution >= 4 is 16.7 Å². The van der Waals surface area contributed by atoms with E-state index in [2.05, 4.69) is 77.7 Å². The average molecular weight is 449 g/mol. The van der Waals surface area contributed by atoms with Crippen molar-refractivity contribution in [3.8, 4) is 11.1 Å². The zero-order chi connectivity index (χ0) is 23.5. The van der Waals surface area contributed by atoms with Gasteiger partial charge < -0.3 is 5.32 Å². The van der Waals surface area contributed by atoms with Crippen LogP contribution in [0, 0.1) is 5.41 Å². The molecule has 0 saturated heterocycles. The molecule has 1 aliphatic carbocycles. The van der Waals surface area contributed by atoms with E-state index in [0.717, 1.165) is 57.3 Å². The summed E-state index contributed by atoms with van der Waals surface area (Å²) in [4.78, 5) is 18.3. The number of pyridine rings is 1. The summed E-state index contributed by atoms with van der Waals surface area (Å²) in [6.07, 6.45) is 5.68. The summed E-state index contributed by atoms with van der Waals surface area (Å²) in [5.41, 5.74) is 6.76. The minimum Gasteiger partial charge on any atom is -0.362 e. The molecule has 1 unspecified atom stereocenters. The van der Waals surface area contributed by atoms with Crippen LogP contribution < -0.4 is 5.32 Å².